The van der Waals surface area contributed by atoms with Gasteiger partial charge in [0, 0.05) is 16.7 Å². The Morgan fingerprint density at radius 3 is 1.12 bits per heavy atom. The molecule has 40 heavy (non-hydrogen) atoms. The fourth-order valence-electron chi connectivity index (χ4n) is 5.22. The van der Waals surface area contributed by atoms with Gasteiger partial charge in [-0.25, -0.2) is 0 Å². The van der Waals surface area contributed by atoms with Crippen LogP contribution in [0.2, 0.25) is 0 Å². The van der Waals surface area contributed by atoms with E-state index in [1.165, 1.54) is 0 Å². The number of hydrogen-bond donors (Lipinski definition) is 0. The van der Waals surface area contributed by atoms with Gasteiger partial charge in [0.25, 0.3) is 0 Å². The van der Waals surface area contributed by atoms with E-state index in [0.29, 0.717) is 23.0 Å². The second-order valence-electron chi connectivity index (χ2n) is 9.10. The smallest absolute Gasteiger partial charge is 0.207 e. The van der Waals surface area contributed by atoms with Crippen LogP contribution >= 0.6 is 0 Å². The van der Waals surface area contributed by atoms with Crippen molar-refractivity contribution in [1.82, 2.24) is 0 Å². The molecule has 0 heterocycles. The van der Waals surface area contributed by atoms with Crippen LogP contribution < -0.4 is 18.9 Å². The SMILES string of the molecule is COc1c(OC)c(OC)c(-c2ccccc2)c(C(=C(c2ccccc2)c2ccccc2)c2ccccc2)c1OC. The molecule has 0 aliphatic carbocycles. The summed E-state index contributed by atoms with van der Waals surface area (Å²) >= 11 is 0. The first-order valence-electron chi connectivity index (χ1n) is 13.1. The molecule has 4 heteroatoms. The van der Waals surface area contributed by atoms with Gasteiger partial charge in [0.1, 0.15) is 0 Å². The second-order valence-corrected chi connectivity index (χ2v) is 9.10. The van der Waals surface area contributed by atoms with Gasteiger partial charge in [-0.1, -0.05) is 121 Å². The number of ether oxygens (including phenoxy) is 4. The van der Waals surface area contributed by atoms with E-state index in [2.05, 4.69) is 84.9 Å². The Kier molecular flexibility index (Phi) is 8.17. The molecule has 0 saturated heterocycles. The van der Waals surface area contributed by atoms with Crippen LogP contribution in [0.3, 0.4) is 0 Å². The van der Waals surface area contributed by atoms with E-state index in [1.54, 1.807) is 28.4 Å². The van der Waals surface area contributed by atoms with Gasteiger partial charge in [-0.05, 0) is 27.8 Å². The molecule has 0 aliphatic rings. The predicted molar refractivity (Wildman–Crippen MR) is 162 cm³/mol. The summed E-state index contributed by atoms with van der Waals surface area (Å²) in [5.74, 6) is 2.06. The minimum atomic E-state index is 0.463. The highest BCUT2D eigenvalue weighted by Gasteiger charge is 2.32. The largest absolute Gasteiger partial charge is 0.492 e. The monoisotopic (exact) mass is 528 g/mol. The average Bonchev–Trinajstić information content (AvgIpc) is 3.03. The van der Waals surface area contributed by atoms with Crippen molar-refractivity contribution in [2.45, 2.75) is 0 Å². The quantitative estimate of drug-likeness (QED) is 0.180. The first kappa shape index (κ1) is 26.6. The Morgan fingerprint density at radius 1 is 0.375 bits per heavy atom. The lowest BCUT2D eigenvalue weighted by atomic mass is 9.81. The highest BCUT2D eigenvalue weighted by Crippen LogP contribution is 2.57. The Balaban J connectivity index is 2.09. The van der Waals surface area contributed by atoms with E-state index in [0.717, 1.165) is 44.5 Å². The van der Waals surface area contributed by atoms with E-state index >= 15 is 0 Å². The van der Waals surface area contributed by atoms with Crippen molar-refractivity contribution in [2.75, 3.05) is 28.4 Å². The molecule has 0 fully saturated rings. The van der Waals surface area contributed by atoms with Crippen LogP contribution in [0.5, 0.6) is 23.0 Å². The van der Waals surface area contributed by atoms with Gasteiger partial charge >= 0.3 is 0 Å². The Labute approximate surface area is 236 Å². The molecule has 0 aromatic heterocycles. The molecule has 0 amide bonds. The summed E-state index contributed by atoms with van der Waals surface area (Å²) in [7, 11) is 6.55. The van der Waals surface area contributed by atoms with Gasteiger partial charge in [0.2, 0.25) is 11.5 Å². The molecule has 0 unspecified atom stereocenters. The summed E-state index contributed by atoms with van der Waals surface area (Å²) in [4.78, 5) is 0. The maximum atomic E-state index is 6.20. The Bertz CT molecular complexity index is 1550. The highest BCUT2D eigenvalue weighted by molar-refractivity contribution is 6.10. The third-order valence-corrected chi connectivity index (χ3v) is 6.89. The van der Waals surface area contributed by atoms with Crippen LogP contribution in [0.1, 0.15) is 22.3 Å². The van der Waals surface area contributed by atoms with E-state index < -0.39 is 0 Å². The first-order valence-corrected chi connectivity index (χ1v) is 13.1. The average molecular weight is 529 g/mol. The zero-order valence-corrected chi connectivity index (χ0v) is 23.2. The van der Waals surface area contributed by atoms with Crippen LogP contribution in [0.4, 0.5) is 0 Å². The predicted octanol–water partition coefficient (Wildman–Crippen LogP) is 8.40. The topological polar surface area (TPSA) is 36.9 Å². The molecular weight excluding hydrogens is 496 g/mol. The zero-order chi connectivity index (χ0) is 27.9. The van der Waals surface area contributed by atoms with Crippen LogP contribution in [-0.2, 0) is 0 Å². The summed E-state index contributed by atoms with van der Waals surface area (Å²) in [6.07, 6.45) is 0. The first-order chi connectivity index (χ1) is 19.7. The van der Waals surface area contributed by atoms with Crippen molar-refractivity contribution in [3.05, 3.63) is 144 Å². The molecule has 5 aromatic carbocycles. The minimum Gasteiger partial charge on any atom is -0.492 e. The molecule has 0 spiro atoms. The molecule has 5 rings (SSSR count). The van der Waals surface area contributed by atoms with Gasteiger partial charge in [-0.15, -0.1) is 0 Å². The molecule has 0 N–H and O–H groups in total. The van der Waals surface area contributed by atoms with Crippen LogP contribution in [0.25, 0.3) is 22.3 Å². The number of rotatable bonds is 9. The summed E-state index contributed by atoms with van der Waals surface area (Å²) in [5, 5.41) is 0. The summed E-state index contributed by atoms with van der Waals surface area (Å²) < 4.78 is 24.1. The van der Waals surface area contributed by atoms with Gasteiger partial charge in [-0.3, -0.25) is 0 Å². The summed E-state index contributed by atoms with van der Waals surface area (Å²) in [5.41, 5.74) is 7.85. The Morgan fingerprint density at radius 2 is 0.725 bits per heavy atom. The van der Waals surface area contributed by atoms with E-state index in [1.807, 2.05) is 36.4 Å². The lowest BCUT2D eigenvalue weighted by molar-refractivity contribution is 0.306. The Hall–Kier alpha value is -4.96. The maximum Gasteiger partial charge on any atom is 0.207 e. The summed E-state index contributed by atoms with van der Waals surface area (Å²) in [6, 6.07) is 41.4. The third-order valence-electron chi connectivity index (χ3n) is 6.89. The number of hydrogen-bond acceptors (Lipinski definition) is 4. The lowest BCUT2D eigenvalue weighted by Gasteiger charge is -2.27. The number of methoxy groups -OCH3 is 4. The fourth-order valence-corrected chi connectivity index (χ4v) is 5.22. The molecule has 0 bridgehead atoms. The second kappa shape index (κ2) is 12.3. The van der Waals surface area contributed by atoms with Crippen LogP contribution in [0, 0.1) is 0 Å². The molecular formula is C36H32O4. The van der Waals surface area contributed by atoms with Crippen molar-refractivity contribution < 1.29 is 18.9 Å². The van der Waals surface area contributed by atoms with Gasteiger partial charge < -0.3 is 18.9 Å². The highest BCUT2D eigenvalue weighted by atomic mass is 16.5. The minimum absolute atomic E-state index is 0.463. The molecule has 200 valence electrons. The fraction of sp³-hybridized carbons (Fsp3) is 0.111. The molecule has 0 atom stereocenters. The third kappa shape index (κ3) is 4.92. The van der Waals surface area contributed by atoms with Crippen molar-refractivity contribution in [3.8, 4) is 34.1 Å². The van der Waals surface area contributed by atoms with E-state index in [4.69, 9.17) is 18.9 Å². The molecule has 0 radical (unpaired) electrons. The van der Waals surface area contributed by atoms with Crippen molar-refractivity contribution >= 4 is 11.1 Å². The molecule has 4 nitrogen and oxygen atoms in total. The molecule has 0 saturated carbocycles. The van der Waals surface area contributed by atoms with Gasteiger partial charge in [-0.2, -0.15) is 0 Å². The normalized spacial score (nSPS) is 10.5. The van der Waals surface area contributed by atoms with Crippen molar-refractivity contribution in [2.24, 2.45) is 0 Å². The van der Waals surface area contributed by atoms with Crippen LogP contribution in [0.15, 0.2) is 121 Å². The molecule has 0 aliphatic heterocycles. The number of benzene rings is 5. The standard InChI is InChI=1S/C36H32O4/c1-37-33-31(28-23-15-8-16-24-28)32(34(38-2)36(40-4)35(33)39-3)30(27-21-13-7-14-22-27)29(25-17-9-5-10-18-25)26-19-11-6-12-20-26/h5-24H,1-4H3. The zero-order valence-electron chi connectivity index (χ0n) is 23.2. The molecule has 5 aromatic rings. The van der Waals surface area contributed by atoms with Crippen molar-refractivity contribution in [3.63, 3.8) is 0 Å². The summed E-state index contributed by atoms with van der Waals surface area (Å²) in [6.45, 7) is 0. The van der Waals surface area contributed by atoms with Gasteiger partial charge in [0.05, 0.1) is 28.4 Å². The maximum absolute atomic E-state index is 6.20. The lowest BCUT2D eigenvalue weighted by Crippen LogP contribution is -2.07. The van der Waals surface area contributed by atoms with E-state index in [-0.39, 0.29) is 0 Å². The van der Waals surface area contributed by atoms with Crippen LogP contribution in [-0.4, -0.2) is 28.4 Å². The van der Waals surface area contributed by atoms with Gasteiger partial charge in [0.15, 0.2) is 11.5 Å². The van der Waals surface area contributed by atoms with E-state index in [9.17, 15) is 0 Å². The van der Waals surface area contributed by atoms with Crippen molar-refractivity contribution in [1.29, 1.82) is 0 Å².